The van der Waals surface area contributed by atoms with Gasteiger partial charge >= 0.3 is 0 Å². The van der Waals surface area contributed by atoms with E-state index in [0.717, 1.165) is 4.90 Å². The summed E-state index contributed by atoms with van der Waals surface area (Å²) in [6.45, 7) is -0.0251. The molecule has 3 aliphatic rings. The summed E-state index contributed by atoms with van der Waals surface area (Å²) >= 11 is 0. The van der Waals surface area contributed by atoms with E-state index < -0.39 is 40.4 Å². The standard InChI is InChI=1S/C25H17B8N3O6/c26-18-16(24(30,31)36-6-7-41-9-15(36)38)19(27)21(29)17(20(18)28)25(32,33)42-13-3-1-2-10-11(13)8-35(23(10)40)12-4-5-14(37)34-22(12)39/h1-3,12H,4-9H2,(H,34,37,39). The predicted octanol–water partition coefficient (Wildman–Crippen LogP) is -5.54. The maximum Gasteiger partial charge on any atom is 0.255 e. The Morgan fingerprint density at radius 3 is 2.19 bits per heavy atom. The molecule has 0 bridgehead atoms. The van der Waals surface area contributed by atoms with Crippen LogP contribution in [0.15, 0.2) is 18.2 Å². The van der Waals surface area contributed by atoms with Crippen LogP contribution >= 0.6 is 0 Å². The van der Waals surface area contributed by atoms with Gasteiger partial charge in [0.15, 0.2) is 0 Å². The van der Waals surface area contributed by atoms with E-state index in [9.17, 15) is 19.2 Å². The molecular weight excluding hydrogens is 525 g/mol. The second-order valence-electron chi connectivity index (χ2n) is 10.4. The molecule has 0 saturated carbocycles. The van der Waals surface area contributed by atoms with Crippen LogP contribution in [0.5, 0.6) is 5.75 Å². The molecule has 42 heavy (non-hydrogen) atoms. The number of hydrogen-bond donors (Lipinski definition) is 1. The average Bonchev–Trinajstić information content (AvgIpc) is 3.24. The topological polar surface area (TPSA) is 105 Å². The van der Waals surface area contributed by atoms with Crippen LogP contribution in [-0.2, 0) is 36.4 Å². The van der Waals surface area contributed by atoms with E-state index >= 15 is 0 Å². The van der Waals surface area contributed by atoms with Crippen LogP contribution in [-0.4, -0.2) is 122 Å². The van der Waals surface area contributed by atoms with Crippen LogP contribution in [0.25, 0.3) is 0 Å². The van der Waals surface area contributed by atoms with Gasteiger partial charge < -0.3 is 19.3 Å². The number of nitrogens with zero attached hydrogens (tertiary/aromatic N) is 2. The highest BCUT2D eigenvalue weighted by molar-refractivity contribution is 6.61. The molecule has 3 heterocycles. The quantitative estimate of drug-likeness (QED) is 0.289. The van der Waals surface area contributed by atoms with Crippen molar-refractivity contribution in [3.8, 4) is 5.75 Å². The number of imide groups is 1. The zero-order chi connectivity index (χ0) is 30.7. The Balaban J connectivity index is 1.49. The van der Waals surface area contributed by atoms with E-state index in [1.54, 1.807) is 12.1 Å². The number of piperidine rings is 1. The van der Waals surface area contributed by atoms with Gasteiger partial charge in [-0.3, -0.25) is 24.5 Å². The molecule has 3 aliphatic heterocycles. The minimum Gasteiger partial charge on any atom is -0.502 e. The van der Waals surface area contributed by atoms with E-state index in [4.69, 9.17) is 72.2 Å². The van der Waals surface area contributed by atoms with Crippen LogP contribution < -0.4 is 31.9 Å². The van der Waals surface area contributed by atoms with Crippen molar-refractivity contribution in [1.82, 2.24) is 15.1 Å². The number of carbonyl (C=O) groups excluding carboxylic acids is 4. The van der Waals surface area contributed by atoms with E-state index in [-0.39, 0.29) is 83.4 Å². The summed E-state index contributed by atoms with van der Waals surface area (Å²) in [7, 11) is 51.0. The number of rotatable bonds is 6. The zero-order valence-electron chi connectivity index (χ0n) is 22.5. The lowest BCUT2D eigenvalue weighted by Gasteiger charge is -2.46. The maximum absolute atomic E-state index is 13.2. The first-order valence-corrected chi connectivity index (χ1v) is 12.9. The molecule has 1 unspecified atom stereocenters. The summed E-state index contributed by atoms with van der Waals surface area (Å²) in [5, 5.41) is -2.02. The minimum absolute atomic E-state index is 0.0165. The zero-order valence-corrected chi connectivity index (χ0v) is 22.5. The van der Waals surface area contributed by atoms with E-state index in [2.05, 4.69) is 5.32 Å². The van der Waals surface area contributed by atoms with Gasteiger partial charge in [0.2, 0.25) is 17.7 Å². The first kappa shape index (κ1) is 30.3. The van der Waals surface area contributed by atoms with Crippen molar-refractivity contribution in [1.29, 1.82) is 0 Å². The highest BCUT2D eigenvalue weighted by Gasteiger charge is 2.41. The van der Waals surface area contributed by atoms with Gasteiger partial charge in [-0.25, -0.2) is 0 Å². The monoisotopic (exact) mass is 543 g/mol. The molecule has 9 nitrogen and oxygen atoms in total. The normalized spacial score (nSPS) is 19.6. The summed E-state index contributed by atoms with van der Waals surface area (Å²) in [5.74, 6) is -1.80. The predicted molar refractivity (Wildman–Crippen MR) is 160 cm³/mol. The average molecular weight is 542 g/mol. The number of ether oxygens (including phenoxy) is 2. The Labute approximate surface area is 253 Å². The largest absolute Gasteiger partial charge is 0.502 e. The number of nitrogens with one attached hydrogen (secondary N) is 1. The van der Waals surface area contributed by atoms with Gasteiger partial charge in [-0.15, -0.1) is 0 Å². The van der Waals surface area contributed by atoms with Gasteiger partial charge in [0.1, 0.15) is 65.5 Å². The summed E-state index contributed by atoms with van der Waals surface area (Å²) in [4.78, 5) is 52.2. The number of morpholine rings is 1. The summed E-state index contributed by atoms with van der Waals surface area (Å²) in [6.07, 6.45) is 0.272. The van der Waals surface area contributed by atoms with Crippen molar-refractivity contribution in [3.05, 3.63) is 40.5 Å². The number of fused-ring (bicyclic) bond motifs is 1. The van der Waals surface area contributed by atoms with Crippen molar-refractivity contribution in [2.75, 3.05) is 19.8 Å². The molecule has 192 valence electrons. The molecule has 2 aromatic rings. The van der Waals surface area contributed by atoms with Crippen LogP contribution in [0.1, 0.15) is 39.9 Å². The number of hydrogen-bond acceptors (Lipinski definition) is 6. The molecule has 2 aromatic carbocycles. The second-order valence-corrected chi connectivity index (χ2v) is 10.4. The Hall–Kier alpha value is -3.20. The van der Waals surface area contributed by atoms with Crippen LogP contribution in [0, 0.1) is 0 Å². The van der Waals surface area contributed by atoms with Crippen LogP contribution in [0.4, 0.5) is 0 Å². The van der Waals surface area contributed by atoms with Gasteiger partial charge in [-0.05, 0) is 29.5 Å². The molecule has 2 fully saturated rings. The van der Waals surface area contributed by atoms with Crippen molar-refractivity contribution in [2.24, 2.45) is 0 Å². The number of benzene rings is 2. The van der Waals surface area contributed by atoms with E-state index in [1.807, 2.05) is 0 Å². The van der Waals surface area contributed by atoms with E-state index in [1.165, 1.54) is 11.0 Å². The maximum atomic E-state index is 13.2. The van der Waals surface area contributed by atoms with Crippen molar-refractivity contribution in [3.63, 3.8) is 0 Å². The molecule has 0 aliphatic carbocycles. The van der Waals surface area contributed by atoms with Crippen LogP contribution in [0.3, 0.4) is 0 Å². The lowest BCUT2D eigenvalue weighted by molar-refractivity contribution is -0.145. The highest BCUT2D eigenvalue weighted by atomic mass is 16.5. The summed E-state index contributed by atoms with van der Waals surface area (Å²) in [6, 6.07) is 3.79. The third-order valence-electron chi connectivity index (χ3n) is 7.70. The van der Waals surface area contributed by atoms with Gasteiger partial charge in [0, 0.05) is 29.5 Å². The highest BCUT2D eigenvalue weighted by Crippen LogP contribution is 2.35. The Morgan fingerprint density at radius 1 is 0.929 bits per heavy atom. The van der Waals surface area contributed by atoms with Crippen molar-refractivity contribution >= 4 is 108 Å². The Bertz CT molecular complexity index is 1500. The van der Waals surface area contributed by atoms with Gasteiger partial charge in [0.25, 0.3) is 5.91 Å². The minimum atomic E-state index is -2.25. The molecule has 0 spiro atoms. The third-order valence-corrected chi connectivity index (χ3v) is 7.70. The third kappa shape index (κ3) is 4.93. The summed E-state index contributed by atoms with van der Waals surface area (Å²) < 4.78 is 11.1. The SMILES string of the molecule is [B]c1c([B])c(C([B])([B])N2CCOCC2=O)c([B])c([B])c1C([B])([B])Oc1cccc2c1CN(C1CCC(=O)NC1=O)C2=O. The molecular formula is C25H17B8N3O6. The molecule has 16 radical (unpaired) electrons. The van der Waals surface area contributed by atoms with Gasteiger partial charge in [0.05, 0.1) is 28.8 Å². The smallest absolute Gasteiger partial charge is 0.255 e. The second kappa shape index (κ2) is 10.8. The first-order valence-electron chi connectivity index (χ1n) is 12.9. The number of carbonyl (C=O) groups is 4. The van der Waals surface area contributed by atoms with Gasteiger partial charge in [-0.2, -0.15) is 0 Å². The van der Waals surface area contributed by atoms with Crippen molar-refractivity contribution < 1.29 is 28.7 Å². The molecule has 5 rings (SSSR count). The van der Waals surface area contributed by atoms with Gasteiger partial charge in [-0.1, -0.05) is 33.5 Å². The Morgan fingerprint density at radius 2 is 1.57 bits per heavy atom. The fraction of sp³-hybridized carbons (Fsp3) is 0.360. The van der Waals surface area contributed by atoms with E-state index in [0.29, 0.717) is 5.56 Å². The lowest BCUT2D eigenvalue weighted by atomic mass is 9.46. The van der Waals surface area contributed by atoms with Crippen molar-refractivity contribution in [2.45, 2.75) is 36.2 Å². The molecule has 17 heteroatoms. The fourth-order valence-electron chi connectivity index (χ4n) is 5.61. The molecule has 1 atom stereocenters. The number of amides is 4. The lowest BCUT2D eigenvalue weighted by Crippen LogP contribution is -2.63. The fourth-order valence-corrected chi connectivity index (χ4v) is 5.61. The Kier molecular flexibility index (Phi) is 7.79. The summed E-state index contributed by atoms with van der Waals surface area (Å²) in [5.41, 5.74) is -0.559. The first-order chi connectivity index (χ1) is 19.7. The van der Waals surface area contributed by atoms with Crippen LogP contribution in [0.2, 0.25) is 0 Å². The molecule has 1 N–H and O–H groups in total. The molecule has 0 aromatic heterocycles. The molecule has 4 amide bonds. The molecule has 2 saturated heterocycles.